The summed E-state index contributed by atoms with van der Waals surface area (Å²) in [6, 6.07) is 6.25. The van der Waals surface area contributed by atoms with E-state index in [1.54, 1.807) is 0 Å². The normalized spacial score (nSPS) is 12.8. The lowest BCUT2D eigenvalue weighted by molar-refractivity contribution is 0.293. The Morgan fingerprint density at radius 1 is 1.24 bits per heavy atom. The monoisotopic (exact) mass is 235 g/mol. The van der Waals surface area contributed by atoms with E-state index in [0.717, 1.165) is 30.3 Å². The highest BCUT2D eigenvalue weighted by atomic mass is 16.5. The fourth-order valence-electron chi connectivity index (χ4n) is 1.82. The Morgan fingerprint density at radius 3 is 2.53 bits per heavy atom. The van der Waals surface area contributed by atoms with Crippen LogP contribution in [0.15, 0.2) is 18.2 Å². The van der Waals surface area contributed by atoms with E-state index in [-0.39, 0.29) is 6.04 Å². The Morgan fingerprint density at radius 2 is 1.94 bits per heavy atom. The number of rotatable bonds is 6. The summed E-state index contributed by atoms with van der Waals surface area (Å²) in [5, 5.41) is 0. The van der Waals surface area contributed by atoms with Gasteiger partial charge in [-0.25, -0.2) is 0 Å². The largest absolute Gasteiger partial charge is 0.493 e. The SMILES string of the molecule is Cc1ccc([C@@H](C)N)c(OCCCC(C)C)c1. The lowest BCUT2D eigenvalue weighted by Crippen LogP contribution is -2.09. The second-order valence-corrected chi connectivity index (χ2v) is 5.21. The second kappa shape index (κ2) is 6.65. The minimum atomic E-state index is 0.0238. The van der Waals surface area contributed by atoms with Gasteiger partial charge in [-0.2, -0.15) is 0 Å². The van der Waals surface area contributed by atoms with Crippen molar-refractivity contribution in [2.24, 2.45) is 11.7 Å². The van der Waals surface area contributed by atoms with Crippen LogP contribution in [0.2, 0.25) is 0 Å². The van der Waals surface area contributed by atoms with Crippen molar-refractivity contribution in [3.8, 4) is 5.75 Å². The maximum Gasteiger partial charge on any atom is 0.124 e. The van der Waals surface area contributed by atoms with Crippen molar-refractivity contribution in [3.63, 3.8) is 0 Å². The van der Waals surface area contributed by atoms with Gasteiger partial charge in [0, 0.05) is 11.6 Å². The molecule has 1 rings (SSSR count). The van der Waals surface area contributed by atoms with Crippen molar-refractivity contribution in [2.45, 2.75) is 46.6 Å². The second-order valence-electron chi connectivity index (χ2n) is 5.21. The molecule has 2 nitrogen and oxygen atoms in total. The summed E-state index contributed by atoms with van der Waals surface area (Å²) in [7, 11) is 0. The molecular weight excluding hydrogens is 210 g/mol. The molecule has 0 radical (unpaired) electrons. The molecule has 0 bridgehead atoms. The first-order chi connectivity index (χ1) is 8.00. The smallest absolute Gasteiger partial charge is 0.124 e. The molecule has 0 amide bonds. The number of ether oxygens (including phenoxy) is 1. The van der Waals surface area contributed by atoms with Gasteiger partial charge in [-0.05, 0) is 44.2 Å². The van der Waals surface area contributed by atoms with E-state index < -0.39 is 0 Å². The molecule has 17 heavy (non-hydrogen) atoms. The summed E-state index contributed by atoms with van der Waals surface area (Å²) in [5.41, 5.74) is 8.25. The van der Waals surface area contributed by atoms with E-state index in [1.807, 2.05) is 6.92 Å². The molecule has 0 unspecified atom stereocenters. The Kier molecular flexibility index (Phi) is 5.49. The van der Waals surface area contributed by atoms with Gasteiger partial charge >= 0.3 is 0 Å². The molecule has 2 N–H and O–H groups in total. The molecule has 0 fully saturated rings. The van der Waals surface area contributed by atoms with Gasteiger partial charge in [0.05, 0.1) is 6.61 Å². The van der Waals surface area contributed by atoms with Gasteiger partial charge in [0.15, 0.2) is 0 Å². The molecule has 1 aromatic carbocycles. The number of aryl methyl sites for hydroxylation is 1. The predicted octanol–water partition coefficient (Wildman–Crippen LogP) is 3.83. The average Bonchev–Trinajstić information content (AvgIpc) is 2.23. The van der Waals surface area contributed by atoms with E-state index in [4.69, 9.17) is 10.5 Å². The summed E-state index contributed by atoms with van der Waals surface area (Å²) in [4.78, 5) is 0. The molecule has 0 heterocycles. The summed E-state index contributed by atoms with van der Waals surface area (Å²) in [6.07, 6.45) is 2.31. The highest BCUT2D eigenvalue weighted by Gasteiger charge is 2.08. The van der Waals surface area contributed by atoms with Crippen LogP contribution in [0, 0.1) is 12.8 Å². The topological polar surface area (TPSA) is 35.2 Å². The van der Waals surface area contributed by atoms with Gasteiger partial charge in [-0.15, -0.1) is 0 Å². The van der Waals surface area contributed by atoms with Crippen LogP contribution < -0.4 is 10.5 Å². The summed E-state index contributed by atoms with van der Waals surface area (Å²) in [5.74, 6) is 1.69. The molecule has 0 aliphatic rings. The van der Waals surface area contributed by atoms with Crippen molar-refractivity contribution < 1.29 is 4.74 Å². The first-order valence-electron chi connectivity index (χ1n) is 6.49. The molecular formula is C15H25NO. The van der Waals surface area contributed by atoms with E-state index in [2.05, 4.69) is 39.0 Å². The Bertz CT molecular complexity index is 345. The van der Waals surface area contributed by atoms with Crippen LogP contribution in [-0.2, 0) is 0 Å². The lowest BCUT2D eigenvalue weighted by Gasteiger charge is -2.15. The first-order valence-corrected chi connectivity index (χ1v) is 6.49. The fourth-order valence-corrected chi connectivity index (χ4v) is 1.82. The molecule has 0 saturated heterocycles. The minimum Gasteiger partial charge on any atom is -0.493 e. The van der Waals surface area contributed by atoms with Crippen LogP contribution in [0.25, 0.3) is 0 Å². The third-order valence-electron chi connectivity index (χ3n) is 2.84. The van der Waals surface area contributed by atoms with Crippen LogP contribution in [0.1, 0.15) is 50.8 Å². The molecule has 1 aromatic rings. The third kappa shape index (κ3) is 4.78. The van der Waals surface area contributed by atoms with Crippen molar-refractivity contribution >= 4 is 0 Å². The molecule has 1 atom stereocenters. The minimum absolute atomic E-state index is 0.0238. The third-order valence-corrected chi connectivity index (χ3v) is 2.84. The number of hydrogen-bond acceptors (Lipinski definition) is 2. The van der Waals surface area contributed by atoms with Gasteiger partial charge in [0.1, 0.15) is 5.75 Å². The molecule has 0 saturated carbocycles. The molecule has 2 heteroatoms. The van der Waals surface area contributed by atoms with Crippen molar-refractivity contribution in [1.29, 1.82) is 0 Å². The van der Waals surface area contributed by atoms with Crippen LogP contribution in [0.3, 0.4) is 0 Å². The zero-order valence-electron chi connectivity index (χ0n) is 11.5. The lowest BCUT2D eigenvalue weighted by atomic mass is 10.1. The van der Waals surface area contributed by atoms with Crippen molar-refractivity contribution in [1.82, 2.24) is 0 Å². The van der Waals surface area contributed by atoms with Crippen molar-refractivity contribution in [2.75, 3.05) is 6.61 Å². The predicted molar refractivity (Wildman–Crippen MR) is 73.3 cm³/mol. The van der Waals surface area contributed by atoms with Gasteiger partial charge < -0.3 is 10.5 Å². The number of hydrogen-bond donors (Lipinski definition) is 1. The molecule has 0 aromatic heterocycles. The van der Waals surface area contributed by atoms with Crippen LogP contribution >= 0.6 is 0 Å². The molecule has 0 spiro atoms. The highest BCUT2D eigenvalue weighted by Crippen LogP contribution is 2.25. The van der Waals surface area contributed by atoms with Gasteiger partial charge in [0.2, 0.25) is 0 Å². The maximum atomic E-state index is 5.94. The van der Waals surface area contributed by atoms with E-state index >= 15 is 0 Å². The summed E-state index contributed by atoms with van der Waals surface area (Å²) < 4.78 is 5.85. The zero-order chi connectivity index (χ0) is 12.8. The average molecular weight is 235 g/mol. The van der Waals surface area contributed by atoms with E-state index in [0.29, 0.717) is 0 Å². The number of nitrogens with two attached hydrogens (primary N) is 1. The highest BCUT2D eigenvalue weighted by molar-refractivity contribution is 5.38. The standard InChI is InChI=1S/C15H25NO/c1-11(2)6-5-9-17-15-10-12(3)7-8-14(15)13(4)16/h7-8,10-11,13H,5-6,9,16H2,1-4H3/t13-/m1/s1. The van der Waals surface area contributed by atoms with Gasteiger partial charge in [-0.3, -0.25) is 0 Å². The van der Waals surface area contributed by atoms with E-state index in [9.17, 15) is 0 Å². The van der Waals surface area contributed by atoms with E-state index in [1.165, 1.54) is 12.0 Å². The van der Waals surface area contributed by atoms with Crippen LogP contribution in [0.4, 0.5) is 0 Å². The van der Waals surface area contributed by atoms with Crippen LogP contribution in [-0.4, -0.2) is 6.61 Å². The molecule has 96 valence electrons. The Labute approximate surface area is 105 Å². The van der Waals surface area contributed by atoms with Crippen LogP contribution in [0.5, 0.6) is 5.75 Å². The van der Waals surface area contributed by atoms with Crippen molar-refractivity contribution in [3.05, 3.63) is 29.3 Å². The maximum absolute atomic E-state index is 5.94. The number of benzene rings is 1. The Hall–Kier alpha value is -1.02. The van der Waals surface area contributed by atoms with Gasteiger partial charge in [-0.1, -0.05) is 26.0 Å². The zero-order valence-corrected chi connectivity index (χ0v) is 11.5. The quantitative estimate of drug-likeness (QED) is 0.760. The summed E-state index contributed by atoms with van der Waals surface area (Å²) in [6.45, 7) is 9.32. The molecule has 0 aliphatic carbocycles. The fraction of sp³-hybridized carbons (Fsp3) is 0.600. The Balaban J connectivity index is 2.59. The summed E-state index contributed by atoms with van der Waals surface area (Å²) >= 11 is 0. The first kappa shape index (κ1) is 14.0. The molecule has 0 aliphatic heterocycles. The van der Waals surface area contributed by atoms with Gasteiger partial charge in [0.25, 0.3) is 0 Å².